The van der Waals surface area contributed by atoms with E-state index in [1.807, 2.05) is 0 Å². The van der Waals surface area contributed by atoms with Crippen molar-refractivity contribution in [3.05, 3.63) is 21.7 Å². The van der Waals surface area contributed by atoms with Gasteiger partial charge in [0.2, 0.25) is 0 Å². The van der Waals surface area contributed by atoms with Gasteiger partial charge in [-0.05, 0) is 5.92 Å². The molecule has 78 valence electrons. The molecule has 0 bridgehead atoms. The molecule has 6 heteroatoms. The summed E-state index contributed by atoms with van der Waals surface area (Å²) >= 11 is 0. The number of aromatic nitrogens is 1. The van der Waals surface area contributed by atoms with Crippen LogP contribution in [-0.4, -0.2) is 16.2 Å². The van der Waals surface area contributed by atoms with E-state index in [1.165, 1.54) is 0 Å². The van der Waals surface area contributed by atoms with E-state index in [0.717, 1.165) is 0 Å². The summed E-state index contributed by atoms with van der Waals surface area (Å²) in [5, 5.41) is 11.0. The van der Waals surface area contributed by atoms with E-state index >= 15 is 0 Å². The molecular weight excluding hydrogens is 188 g/mol. The van der Waals surface area contributed by atoms with Gasteiger partial charge in [0.05, 0.1) is 11.3 Å². The van der Waals surface area contributed by atoms with Crippen molar-refractivity contribution >= 4 is 5.97 Å². The summed E-state index contributed by atoms with van der Waals surface area (Å²) in [6.45, 7) is 3.61. The van der Waals surface area contributed by atoms with E-state index in [2.05, 4.69) is 9.68 Å². The van der Waals surface area contributed by atoms with Crippen molar-refractivity contribution in [2.24, 2.45) is 5.73 Å². The highest BCUT2D eigenvalue weighted by molar-refractivity contribution is 5.75. The molecule has 4 N–H and O–H groups in total. The molecule has 14 heavy (non-hydrogen) atoms. The number of hydrogen-bond acceptors (Lipinski definition) is 4. The van der Waals surface area contributed by atoms with Gasteiger partial charge < -0.3 is 15.4 Å². The van der Waals surface area contributed by atoms with Crippen molar-refractivity contribution in [3.63, 3.8) is 0 Å². The highest BCUT2D eigenvalue weighted by Crippen LogP contribution is 2.18. The number of carboxylic acid groups (broad SMARTS) is 1. The van der Waals surface area contributed by atoms with Crippen molar-refractivity contribution < 1.29 is 14.4 Å². The second-order valence-corrected chi connectivity index (χ2v) is 3.29. The lowest BCUT2D eigenvalue weighted by atomic mass is 10.0. The van der Waals surface area contributed by atoms with E-state index in [9.17, 15) is 9.59 Å². The predicted molar refractivity (Wildman–Crippen MR) is 48.0 cm³/mol. The molecule has 0 radical (unpaired) electrons. The first-order valence-electron chi connectivity index (χ1n) is 4.14. The average Bonchev–Trinajstić information content (AvgIpc) is 2.45. The van der Waals surface area contributed by atoms with Crippen LogP contribution < -0.4 is 11.4 Å². The van der Waals surface area contributed by atoms with Crippen LogP contribution in [0.3, 0.4) is 0 Å². The Labute approximate surface area is 79.7 Å². The Hall–Kier alpha value is -1.56. The molecule has 0 spiro atoms. The number of carbonyl (C=O) groups is 1. The molecule has 6 nitrogen and oxygen atoms in total. The van der Waals surface area contributed by atoms with Gasteiger partial charge in [0.15, 0.2) is 0 Å². The minimum atomic E-state index is -1.34. The Bertz CT molecular complexity index is 390. The van der Waals surface area contributed by atoms with Crippen LogP contribution in [0.1, 0.15) is 37.1 Å². The molecule has 1 atom stereocenters. The van der Waals surface area contributed by atoms with E-state index in [-0.39, 0.29) is 11.5 Å². The molecule has 1 heterocycles. The maximum atomic E-state index is 11.1. The van der Waals surface area contributed by atoms with Crippen LogP contribution >= 0.6 is 0 Å². The fourth-order valence-corrected chi connectivity index (χ4v) is 1.17. The topological polar surface area (TPSA) is 109 Å². The van der Waals surface area contributed by atoms with Gasteiger partial charge >= 0.3 is 11.6 Å². The van der Waals surface area contributed by atoms with Crippen LogP contribution in [0.2, 0.25) is 0 Å². The zero-order chi connectivity index (χ0) is 10.9. The molecular formula is C8H12N2O4. The number of nitrogens with one attached hydrogen (secondary N) is 1. The largest absolute Gasteiger partial charge is 0.480 e. The fraction of sp³-hybridized carbons (Fsp3) is 0.500. The molecule has 0 aromatic carbocycles. The maximum absolute atomic E-state index is 11.1. The Balaban J connectivity index is 3.24. The van der Waals surface area contributed by atoms with E-state index in [4.69, 9.17) is 10.8 Å². The Morgan fingerprint density at radius 3 is 2.57 bits per heavy atom. The Morgan fingerprint density at radius 1 is 1.57 bits per heavy atom. The second kappa shape index (κ2) is 3.67. The lowest BCUT2D eigenvalue weighted by molar-refractivity contribution is -0.138. The third kappa shape index (κ3) is 1.69. The van der Waals surface area contributed by atoms with Gasteiger partial charge in [0.1, 0.15) is 6.04 Å². The quantitative estimate of drug-likeness (QED) is 0.644. The van der Waals surface area contributed by atoms with Gasteiger partial charge in [-0.15, -0.1) is 0 Å². The Kier molecular flexibility index (Phi) is 2.76. The average molecular weight is 200 g/mol. The van der Waals surface area contributed by atoms with Crippen LogP contribution in [-0.2, 0) is 4.79 Å². The van der Waals surface area contributed by atoms with E-state index in [0.29, 0.717) is 5.69 Å². The summed E-state index contributed by atoms with van der Waals surface area (Å²) in [4.78, 5) is 21.8. The minimum Gasteiger partial charge on any atom is -0.480 e. The maximum Gasteiger partial charge on any atom is 0.362 e. The lowest BCUT2D eigenvalue weighted by Crippen LogP contribution is -2.26. The zero-order valence-corrected chi connectivity index (χ0v) is 7.90. The molecule has 1 aromatic rings. The molecule has 0 amide bonds. The van der Waals surface area contributed by atoms with E-state index in [1.54, 1.807) is 13.8 Å². The van der Waals surface area contributed by atoms with Crippen LogP contribution in [0, 0.1) is 0 Å². The van der Waals surface area contributed by atoms with Crippen LogP contribution in [0.25, 0.3) is 0 Å². The van der Waals surface area contributed by atoms with E-state index < -0.39 is 17.6 Å². The number of H-pyrrole nitrogens is 1. The SMILES string of the molecule is CC(C)c1[nH]oc(=O)c1[C@@H](N)C(=O)O. The third-order valence-electron chi connectivity index (χ3n) is 1.92. The third-order valence-corrected chi connectivity index (χ3v) is 1.92. The summed E-state index contributed by atoms with van der Waals surface area (Å²) in [6, 6.07) is -1.34. The first-order chi connectivity index (χ1) is 6.45. The fourth-order valence-electron chi connectivity index (χ4n) is 1.17. The van der Waals surface area contributed by atoms with Gasteiger partial charge in [-0.25, -0.2) is 9.95 Å². The molecule has 0 aliphatic heterocycles. The van der Waals surface area contributed by atoms with Crippen molar-refractivity contribution in [2.75, 3.05) is 0 Å². The van der Waals surface area contributed by atoms with Crippen molar-refractivity contribution in [1.29, 1.82) is 0 Å². The van der Waals surface area contributed by atoms with Gasteiger partial charge in [-0.1, -0.05) is 13.8 Å². The summed E-state index contributed by atoms with van der Waals surface area (Å²) in [7, 11) is 0. The molecule has 1 rings (SSSR count). The van der Waals surface area contributed by atoms with Gasteiger partial charge in [-0.3, -0.25) is 4.79 Å². The summed E-state index contributed by atoms with van der Waals surface area (Å²) < 4.78 is 4.50. The number of hydrogen-bond donors (Lipinski definition) is 3. The first-order valence-corrected chi connectivity index (χ1v) is 4.14. The normalized spacial score (nSPS) is 13.1. The molecule has 0 saturated carbocycles. The standard InChI is InChI=1S/C8H12N2O4/c1-3(2)6-4(5(9)7(11)12)8(13)14-10-6/h3,5,10H,9H2,1-2H3,(H,11,12)/t5-/m1/s1. The first kappa shape index (κ1) is 10.5. The minimum absolute atomic E-state index is 0.00694. The number of carboxylic acids is 1. The van der Waals surface area contributed by atoms with Gasteiger partial charge in [0.25, 0.3) is 0 Å². The smallest absolute Gasteiger partial charge is 0.362 e. The number of aromatic amines is 1. The molecule has 0 aliphatic rings. The van der Waals surface area contributed by atoms with Gasteiger partial charge in [-0.2, -0.15) is 0 Å². The van der Waals surface area contributed by atoms with Crippen LogP contribution in [0.15, 0.2) is 9.32 Å². The molecule has 0 fully saturated rings. The van der Waals surface area contributed by atoms with Crippen LogP contribution in [0.5, 0.6) is 0 Å². The number of nitrogens with two attached hydrogens (primary N) is 1. The zero-order valence-electron chi connectivity index (χ0n) is 7.90. The monoisotopic (exact) mass is 200 g/mol. The number of aliphatic carboxylic acids is 1. The van der Waals surface area contributed by atoms with Crippen molar-refractivity contribution in [1.82, 2.24) is 5.16 Å². The Morgan fingerprint density at radius 2 is 2.14 bits per heavy atom. The summed E-state index contributed by atoms with van der Waals surface area (Å²) in [5.74, 6) is -1.29. The summed E-state index contributed by atoms with van der Waals surface area (Å²) in [5.41, 5.74) is 5.05. The second-order valence-electron chi connectivity index (χ2n) is 3.29. The number of rotatable bonds is 3. The summed E-state index contributed by atoms with van der Waals surface area (Å²) in [6.07, 6.45) is 0. The van der Waals surface area contributed by atoms with Crippen LogP contribution in [0.4, 0.5) is 0 Å². The lowest BCUT2D eigenvalue weighted by Gasteiger charge is -2.06. The molecule has 0 aliphatic carbocycles. The molecule has 0 saturated heterocycles. The highest BCUT2D eigenvalue weighted by atomic mass is 16.5. The molecule has 0 unspecified atom stereocenters. The van der Waals surface area contributed by atoms with Crippen molar-refractivity contribution in [2.45, 2.75) is 25.8 Å². The van der Waals surface area contributed by atoms with Gasteiger partial charge in [0, 0.05) is 0 Å². The highest BCUT2D eigenvalue weighted by Gasteiger charge is 2.25. The molecule has 1 aromatic heterocycles. The van der Waals surface area contributed by atoms with Crippen molar-refractivity contribution in [3.8, 4) is 0 Å². The predicted octanol–water partition coefficient (Wildman–Crippen LogP) is 0.176.